The van der Waals surface area contributed by atoms with Gasteiger partial charge < -0.3 is 5.32 Å². The monoisotopic (exact) mass is 260 g/mol. The van der Waals surface area contributed by atoms with Crippen molar-refractivity contribution >= 4 is 17.5 Å². The molecule has 0 unspecified atom stereocenters. The lowest BCUT2D eigenvalue weighted by atomic mass is 10.1. The largest absolute Gasteiger partial charge is 0.352 e. The van der Waals surface area contributed by atoms with Crippen LogP contribution in [0.5, 0.6) is 0 Å². The Morgan fingerprint density at radius 1 is 1.37 bits per heavy atom. The molecule has 1 aromatic carbocycles. The van der Waals surface area contributed by atoms with E-state index in [0.29, 0.717) is 12.8 Å². The predicted molar refractivity (Wildman–Crippen MR) is 75.0 cm³/mol. The number of hydrogen-bond donors (Lipinski definition) is 1. The van der Waals surface area contributed by atoms with E-state index in [2.05, 4.69) is 5.32 Å². The van der Waals surface area contributed by atoms with Crippen LogP contribution in [-0.2, 0) is 16.0 Å². The number of nitrogens with one attached hydrogen (secondary N) is 1. The van der Waals surface area contributed by atoms with Crippen LogP contribution in [0.1, 0.15) is 32.8 Å². The normalized spacial score (nSPS) is 17.5. The molecule has 0 fully saturated rings. The van der Waals surface area contributed by atoms with E-state index in [1.54, 1.807) is 4.90 Å². The molecule has 0 spiro atoms. The quantitative estimate of drug-likeness (QED) is 0.902. The van der Waals surface area contributed by atoms with Crippen LogP contribution in [0.2, 0.25) is 0 Å². The van der Waals surface area contributed by atoms with Crippen LogP contribution in [0.3, 0.4) is 0 Å². The molecule has 0 aromatic heterocycles. The van der Waals surface area contributed by atoms with Crippen molar-refractivity contribution in [3.05, 3.63) is 29.8 Å². The van der Waals surface area contributed by atoms with Gasteiger partial charge in [-0.25, -0.2) is 0 Å². The fourth-order valence-electron chi connectivity index (χ4n) is 2.46. The molecule has 0 aliphatic carbocycles. The van der Waals surface area contributed by atoms with E-state index < -0.39 is 6.04 Å². The van der Waals surface area contributed by atoms with Crippen molar-refractivity contribution in [3.8, 4) is 0 Å². The average molecular weight is 260 g/mol. The second-order valence-electron chi connectivity index (χ2n) is 5.13. The first-order chi connectivity index (χ1) is 9.04. The SMILES string of the molecule is CCC(=O)N1c2ccccc2C[C@@H]1C(=O)NC(C)C. The number of para-hydroxylation sites is 1. The molecule has 4 heteroatoms. The minimum absolute atomic E-state index is 0.00569. The van der Waals surface area contributed by atoms with Crippen LogP contribution in [0.4, 0.5) is 5.69 Å². The smallest absolute Gasteiger partial charge is 0.243 e. The Bertz CT molecular complexity index is 497. The summed E-state index contributed by atoms with van der Waals surface area (Å²) >= 11 is 0. The molecule has 1 aromatic rings. The second kappa shape index (κ2) is 5.43. The number of fused-ring (bicyclic) bond motifs is 1. The van der Waals surface area contributed by atoms with Crippen molar-refractivity contribution in [2.24, 2.45) is 0 Å². The Morgan fingerprint density at radius 3 is 2.68 bits per heavy atom. The Kier molecular flexibility index (Phi) is 3.88. The van der Waals surface area contributed by atoms with Crippen LogP contribution in [0.25, 0.3) is 0 Å². The van der Waals surface area contributed by atoms with Gasteiger partial charge >= 0.3 is 0 Å². The van der Waals surface area contributed by atoms with Gasteiger partial charge in [0.1, 0.15) is 6.04 Å². The Morgan fingerprint density at radius 2 is 2.05 bits per heavy atom. The number of amides is 2. The Hall–Kier alpha value is -1.84. The number of benzene rings is 1. The van der Waals surface area contributed by atoms with E-state index in [-0.39, 0.29) is 17.9 Å². The Balaban J connectivity index is 2.31. The van der Waals surface area contributed by atoms with Gasteiger partial charge in [0.05, 0.1) is 0 Å². The van der Waals surface area contributed by atoms with Crippen molar-refractivity contribution in [1.82, 2.24) is 5.32 Å². The molecule has 19 heavy (non-hydrogen) atoms. The van der Waals surface area contributed by atoms with Crippen LogP contribution >= 0.6 is 0 Å². The number of carbonyl (C=O) groups is 2. The number of carbonyl (C=O) groups excluding carboxylic acids is 2. The fourth-order valence-corrected chi connectivity index (χ4v) is 2.46. The highest BCUT2D eigenvalue weighted by Crippen LogP contribution is 2.32. The summed E-state index contributed by atoms with van der Waals surface area (Å²) in [6, 6.07) is 7.40. The van der Waals surface area contributed by atoms with E-state index in [1.807, 2.05) is 45.0 Å². The topological polar surface area (TPSA) is 49.4 Å². The summed E-state index contributed by atoms with van der Waals surface area (Å²) in [6.45, 7) is 5.67. The van der Waals surface area contributed by atoms with Gasteiger partial charge in [-0.3, -0.25) is 14.5 Å². The van der Waals surface area contributed by atoms with Crippen molar-refractivity contribution in [1.29, 1.82) is 0 Å². The molecular weight excluding hydrogens is 240 g/mol. The standard InChI is InChI=1S/C15H20N2O2/c1-4-14(18)17-12-8-6-5-7-11(12)9-13(17)15(19)16-10(2)3/h5-8,10,13H,4,9H2,1-3H3,(H,16,19)/t13-/m1/s1. The van der Waals surface area contributed by atoms with E-state index >= 15 is 0 Å². The van der Waals surface area contributed by atoms with E-state index in [1.165, 1.54) is 0 Å². The summed E-state index contributed by atoms with van der Waals surface area (Å²) in [5.74, 6) is -0.0816. The van der Waals surface area contributed by atoms with Crippen molar-refractivity contribution < 1.29 is 9.59 Å². The maximum atomic E-state index is 12.3. The molecule has 1 atom stereocenters. The number of anilines is 1. The molecule has 1 aliphatic heterocycles. The zero-order valence-electron chi connectivity index (χ0n) is 11.6. The summed E-state index contributed by atoms with van der Waals surface area (Å²) in [5.41, 5.74) is 1.94. The summed E-state index contributed by atoms with van der Waals surface area (Å²) in [5, 5.41) is 2.90. The first-order valence-electron chi connectivity index (χ1n) is 6.75. The van der Waals surface area contributed by atoms with E-state index in [9.17, 15) is 9.59 Å². The van der Waals surface area contributed by atoms with Gasteiger partial charge in [-0.2, -0.15) is 0 Å². The van der Waals surface area contributed by atoms with Gasteiger partial charge in [-0.15, -0.1) is 0 Å². The molecular formula is C15H20N2O2. The zero-order chi connectivity index (χ0) is 14.0. The molecule has 0 radical (unpaired) electrons. The first-order valence-corrected chi connectivity index (χ1v) is 6.75. The minimum atomic E-state index is -0.410. The molecule has 0 saturated carbocycles. The molecule has 1 heterocycles. The van der Waals surface area contributed by atoms with Gasteiger partial charge in [0.25, 0.3) is 0 Å². The number of rotatable bonds is 3. The maximum absolute atomic E-state index is 12.3. The third kappa shape index (κ3) is 2.62. The molecule has 102 valence electrons. The summed E-state index contributed by atoms with van der Waals surface area (Å²) < 4.78 is 0. The fraction of sp³-hybridized carbons (Fsp3) is 0.467. The molecule has 0 bridgehead atoms. The first kappa shape index (κ1) is 13.6. The lowest BCUT2D eigenvalue weighted by molar-refractivity contribution is -0.126. The minimum Gasteiger partial charge on any atom is -0.352 e. The van der Waals surface area contributed by atoms with Crippen molar-refractivity contribution in [3.63, 3.8) is 0 Å². The third-order valence-electron chi connectivity index (χ3n) is 3.28. The third-order valence-corrected chi connectivity index (χ3v) is 3.28. The number of hydrogen-bond acceptors (Lipinski definition) is 2. The van der Waals surface area contributed by atoms with Gasteiger partial charge in [0, 0.05) is 24.6 Å². The lowest BCUT2D eigenvalue weighted by Crippen LogP contribution is -2.49. The highest BCUT2D eigenvalue weighted by Gasteiger charge is 2.37. The van der Waals surface area contributed by atoms with Crippen LogP contribution in [0.15, 0.2) is 24.3 Å². The highest BCUT2D eigenvalue weighted by molar-refractivity contribution is 6.03. The van der Waals surface area contributed by atoms with Gasteiger partial charge in [-0.05, 0) is 25.5 Å². The van der Waals surface area contributed by atoms with E-state index in [4.69, 9.17) is 0 Å². The van der Waals surface area contributed by atoms with Crippen molar-refractivity contribution in [2.75, 3.05) is 4.90 Å². The van der Waals surface area contributed by atoms with Crippen LogP contribution < -0.4 is 10.2 Å². The Labute approximate surface area is 113 Å². The van der Waals surface area contributed by atoms with Gasteiger partial charge in [0.2, 0.25) is 11.8 Å². The summed E-state index contributed by atoms with van der Waals surface area (Å²) in [6.07, 6.45) is 1.00. The molecule has 0 saturated heterocycles. The number of nitrogens with zero attached hydrogens (tertiary/aromatic N) is 1. The molecule has 4 nitrogen and oxygen atoms in total. The highest BCUT2D eigenvalue weighted by atomic mass is 16.2. The summed E-state index contributed by atoms with van der Waals surface area (Å²) in [4.78, 5) is 26.0. The molecule has 1 N–H and O–H groups in total. The van der Waals surface area contributed by atoms with Crippen LogP contribution in [-0.4, -0.2) is 23.9 Å². The molecule has 2 amide bonds. The summed E-state index contributed by atoms with van der Waals surface area (Å²) in [7, 11) is 0. The molecule has 2 rings (SSSR count). The average Bonchev–Trinajstić information content (AvgIpc) is 2.76. The van der Waals surface area contributed by atoms with Gasteiger partial charge in [-0.1, -0.05) is 25.1 Å². The van der Waals surface area contributed by atoms with Crippen LogP contribution in [0, 0.1) is 0 Å². The second-order valence-corrected chi connectivity index (χ2v) is 5.13. The van der Waals surface area contributed by atoms with Crippen molar-refractivity contribution in [2.45, 2.75) is 45.7 Å². The molecule has 1 aliphatic rings. The van der Waals surface area contributed by atoms with E-state index in [0.717, 1.165) is 11.3 Å². The van der Waals surface area contributed by atoms with Gasteiger partial charge in [0.15, 0.2) is 0 Å². The predicted octanol–water partition coefficient (Wildman–Crippen LogP) is 1.88. The zero-order valence-corrected chi connectivity index (χ0v) is 11.6. The lowest BCUT2D eigenvalue weighted by Gasteiger charge is -2.25. The maximum Gasteiger partial charge on any atom is 0.243 e.